The van der Waals surface area contributed by atoms with E-state index in [0.717, 1.165) is 5.56 Å². The maximum absolute atomic E-state index is 11.6. The van der Waals surface area contributed by atoms with Crippen molar-refractivity contribution < 1.29 is 29.3 Å². The van der Waals surface area contributed by atoms with Gasteiger partial charge < -0.3 is 30.3 Å². The first-order valence-electron chi connectivity index (χ1n) is 7.54. The van der Waals surface area contributed by atoms with Gasteiger partial charge in [-0.1, -0.05) is 0 Å². The lowest BCUT2D eigenvalue weighted by atomic mass is 9.99. The summed E-state index contributed by atoms with van der Waals surface area (Å²) in [5.41, 5.74) is 0.915. The molecule has 1 aromatic carbocycles. The molecular formula is C16H24N2O6. The minimum absolute atomic E-state index is 0.0536. The maximum Gasteiger partial charge on any atom is 0.314 e. The quantitative estimate of drug-likeness (QED) is 0.496. The number of aliphatic carboxylic acids is 1. The Kier molecular flexibility index (Phi) is 8.42. The lowest BCUT2D eigenvalue weighted by molar-refractivity contribution is -0.136. The molecule has 0 aliphatic heterocycles. The second-order valence-corrected chi connectivity index (χ2v) is 5.25. The molecule has 134 valence electrons. The predicted octanol–water partition coefficient (Wildman–Crippen LogP) is 0.629. The monoisotopic (exact) mass is 340 g/mol. The number of benzene rings is 1. The Bertz CT molecular complexity index is 527. The molecule has 0 bridgehead atoms. The minimum Gasteiger partial charge on any atom is -0.497 e. The summed E-state index contributed by atoms with van der Waals surface area (Å²) in [5, 5.41) is 23.1. The second kappa shape index (κ2) is 10.3. The van der Waals surface area contributed by atoms with Crippen molar-refractivity contribution in [3.63, 3.8) is 0 Å². The van der Waals surface area contributed by atoms with Crippen LogP contribution in [0.5, 0.6) is 11.5 Å². The van der Waals surface area contributed by atoms with Crippen LogP contribution in [0.2, 0.25) is 0 Å². The molecule has 0 saturated carbocycles. The summed E-state index contributed by atoms with van der Waals surface area (Å²) in [7, 11) is 3.12. The molecule has 8 nitrogen and oxygen atoms in total. The molecule has 24 heavy (non-hydrogen) atoms. The number of methoxy groups -OCH3 is 2. The van der Waals surface area contributed by atoms with Crippen LogP contribution < -0.4 is 20.1 Å². The fourth-order valence-corrected chi connectivity index (χ4v) is 2.10. The average Bonchev–Trinajstić information content (AvgIpc) is 2.57. The summed E-state index contributed by atoms with van der Waals surface area (Å²) < 4.78 is 10.4. The summed E-state index contributed by atoms with van der Waals surface area (Å²) >= 11 is 0. The Morgan fingerprint density at radius 2 is 1.75 bits per heavy atom. The fourth-order valence-electron chi connectivity index (χ4n) is 2.10. The molecule has 1 rings (SSSR count). The first-order valence-corrected chi connectivity index (χ1v) is 7.54. The van der Waals surface area contributed by atoms with Gasteiger partial charge >= 0.3 is 12.0 Å². The van der Waals surface area contributed by atoms with Crippen LogP contribution in [0.3, 0.4) is 0 Å². The zero-order valence-corrected chi connectivity index (χ0v) is 13.9. The Morgan fingerprint density at radius 1 is 1.12 bits per heavy atom. The number of aliphatic hydroxyl groups is 1. The lowest BCUT2D eigenvalue weighted by Crippen LogP contribution is -2.40. The van der Waals surface area contributed by atoms with Gasteiger partial charge in [-0.05, 0) is 24.1 Å². The van der Waals surface area contributed by atoms with Crippen molar-refractivity contribution in [2.24, 2.45) is 5.92 Å². The molecule has 1 atom stereocenters. The molecule has 4 N–H and O–H groups in total. The van der Waals surface area contributed by atoms with Gasteiger partial charge in [0.25, 0.3) is 0 Å². The van der Waals surface area contributed by atoms with Crippen molar-refractivity contribution in [1.29, 1.82) is 0 Å². The summed E-state index contributed by atoms with van der Waals surface area (Å²) in [5.74, 6) is 0.142. The van der Waals surface area contributed by atoms with Crippen LogP contribution in [-0.4, -0.2) is 56.1 Å². The number of hydrogen-bond acceptors (Lipinski definition) is 5. The number of carbonyl (C=O) groups is 2. The van der Waals surface area contributed by atoms with Gasteiger partial charge in [0.1, 0.15) is 11.5 Å². The van der Waals surface area contributed by atoms with Gasteiger partial charge in [0.15, 0.2) is 0 Å². The molecule has 0 spiro atoms. The molecule has 0 radical (unpaired) electrons. The number of aliphatic hydroxyl groups excluding tert-OH is 1. The van der Waals surface area contributed by atoms with Gasteiger partial charge in [-0.3, -0.25) is 4.79 Å². The summed E-state index contributed by atoms with van der Waals surface area (Å²) in [6.07, 6.45) is 0.389. The fraction of sp³-hybridized carbons (Fsp3) is 0.500. The summed E-state index contributed by atoms with van der Waals surface area (Å²) in [6, 6.07) is 4.99. The molecule has 1 unspecified atom stereocenters. The number of rotatable bonds is 10. The molecule has 0 aliphatic rings. The van der Waals surface area contributed by atoms with Crippen LogP contribution in [0, 0.1) is 5.92 Å². The average molecular weight is 340 g/mol. The van der Waals surface area contributed by atoms with Gasteiger partial charge in [0.2, 0.25) is 0 Å². The maximum atomic E-state index is 11.6. The smallest absolute Gasteiger partial charge is 0.314 e. The summed E-state index contributed by atoms with van der Waals surface area (Å²) in [6.45, 7) is 0.210. The van der Waals surface area contributed by atoms with Crippen LogP contribution in [0.1, 0.15) is 12.0 Å². The van der Waals surface area contributed by atoms with Crippen molar-refractivity contribution in [2.75, 3.05) is 33.9 Å². The molecule has 0 aliphatic carbocycles. The van der Waals surface area contributed by atoms with E-state index < -0.39 is 12.0 Å². The van der Waals surface area contributed by atoms with Crippen LogP contribution in [0.4, 0.5) is 4.79 Å². The molecule has 1 aromatic rings. The van der Waals surface area contributed by atoms with E-state index in [4.69, 9.17) is 14.6 Å². The van der Waals surface area contributed by atoms with Crippen molar-refractivity contribution in [2.45, 2.75) is 12.8 Å². The van der Waals surface area contributed by atoms with E-state index >= 15 is 0 Å². The first-order chi connectivity index (χ1) is 11.5. The number of carboxylic acids is 1. The normalized spacial score (nSPS) is 11.5. The van der Waals surface area contributed by atoms with Crippen LogP contribution in [0.25, 0.3) is 0 Å². The van der Waals surface area contributed by atoms with E-state index in [1.165, 1.54) is 0 Å². The third-order valence-electron chi connectivity index (χ3n) is 3.37. The van der Waals surface area contributed by atoms with Gasteiger partial charge in [-0.15, -0.1) is 0 Å². The number of carboxylic acid groups (broad SMARTS) is 1. The number of urea groups is 1. The molecule has 8 heteroatoms. The van der Waals surface area contributed by atoms with Crippen LogP contribution >= 0.6 is 0 Å². The minimum atomic E-state index is -0.976. The Balaban J connectivity index is 2.52. The first kappa shape index (κ1) is 19.6. The number of nitrogens with one attached hydrogen (secondary N) is 2. The zero-order valence-electron chi connectivity index (χ0n) is 13.9. The van der Waals surface area contributed by atoms with Crippen molar-refractivity contribution in [3.05, 3.63) is 23.8 Å². The van der Waals surface area contributed by atoms with E-state index in [1.54, 1.807) is 20.3 Å². The lowest BCUT2D eigenvalue weighted by Gasteiger charge is -2.16. The Labute approximate surface area is 140 Å². The number of carbonyl (C=O) groups excluding carboxylic acids is 1. The van der Waals surface area contributed by atoms with Crippen molar-refractivity contribution in [1.82, 2.24) is 10.6 Å². The van der Waals surface area contributed by atoms with Crippen molar-refractivity contribution in [3.8, 4) is 11.5 Å². The van der Waals surface area contributed by atoms with Gasteiger partial charge in [0.05, 0.1) is 20.6 Å². The van der Waals surface area contributed by atoms with E-state index in [1.807, 2.05) is 12.1 Å². The highest BCUT2D eigenvalue weighted by Gasteiger charge is 2.12. The zero-order chi connectivity index (χ0) is 17.9. The third-order valence-corrected chi connectivity index (χ3v) is 3.37. The highest BCUT2D eigenvalue weighted by molar-refractivity contribution is 5.74. The van der Waals surface area contributed by atoms with Gasteiger partial charge in [0, 0.05) is 31.7 Å². The molecule has 0 fully saturated rings. The Hall–Kier alpha value is -2.48. The number of hydrogen-bond donors (Lipinski definition) is 4. The van der Waals surface area contributed by atoms with Crippen LogP contribution in [-0.2, 0) is 11.2 Å². The second-order valence-electron chi connectivity index (χ2n) is 5.25. The molecule has 0 heterocycles. The van der Waals surface area contributed by atoms with E-state index in [-0.39, 0.29) is 32.0 Å². The SMILES string of the molecule is COc1cc(CC(CO)CNC(=O)NCCC(=O)O)cc(OC)c1. The van der Waals surface area contributed by atoms with Gasteiger partial charge in [-0.2, -0.15) is 0 Å². The molecule has 0 saturated heterocycles. The number of amides is 2. The Morgan fingerprint density at radius 3 is 2.25 bits per heavy atom. The van der Waals surface area contributed by atoms with Crippen LogP contribution in [0.15, 0.2) is 18.2 Å². The topological polar surface area (TPSA) is 117 Å². The predicted molar refractivity (Wildman–Crippen MR) is 87.5 cm³/mol. The standard InChI is InChI=1S/C16H24N2O6/c1-23-13-6-11(7-14(8-13)24-2)5-12(10-19)9-18-16(22)17-4-3-15(20)21/h6-8,12,19H,3-5,9-10H2,1-2H3,(H,20,21)(H2,17,18,22). The molecule has 0 aromatic heterocycles. The van der Waals surface area contributed by atoms with E-state index in [9.17, 15) is 14.7 Å². The number of ether oxygens (including phenoxy) is 2. The van der Waals surface area contributed by atoms with Crippen molar-refractivity contribution >= 4 is 12.0 Å². The molecular weight excluding hydrogens is 316 g/mol. The highest BCUT2D eigenvalue weighted by atomic mass is 16.5. The highest BCUT2D eigenvalue weighted by Crippen LogP contribution is 2.24. The third kappa shape index (κ3) is 7.19. The van der Waals surface area contributed by atoms with E-state index in [0.29, 0.717) is 17.9 Å². The molecule has 2 amide bonds. The van der Waals surface area contributed by atoms with E-state index in [2.05, 4.69) is 10.6 Å². The largest absolute Gasteiger partial charge is 0.497 e. The summed E-state index contributed by atoms with van der Waals surface area (Å²) in [4.78, 5) is 21.9. The van der Waals surface area contributed by atoms with Gasteiger partial charge in [-0.25, -0.2) is 4.79 Å².